The van der Waals surface area contributed by atoms with E-state index in [0.717, 1.165) is 0 Å². The van der Waals surface area contributed by atoms with Gasteiger partial charge in [0, 0.05) is 17.7 Å². The second-order valence-electron chi connectivity index (χ2n) is 4.15. The largest absolute Gasteiger partial charge is 0.507 e. The quantitative estimate of drug-likeness (QED) is 0.527. The maximum Gasteiger partial charge on any atom is 0.292 e. The number of nitro benzene ring substituents is 1. The predicted molar refractivity (Wildman–Crippen MR) is 75.6 cm³/mol. The van der Waals surface area contributed by atoms with Gasteiger partial charge in [0.05, 0.1) is 4.92 Å². The highest BCUT2D eigenvalue weighted by molar-refractivity contribution is 5.82. The zero-order valence-corrected chi connectivity index (χ0v) is 10.8. The Morgan fingerprint density at radius 1 is 1.29 bits per heavy atom. The fourth-order valence-corrected chi connectivity index (χ4v) is 1.81. The van der Waals surface area contributed by atoms with Crippen LogP contribution in [0.2, 0.25) is 0 Å². The van der Waals surface area contributed by atoms with E-state index in [1.165, 1.54) is 18.2 Å². The molecule has 6 nitrogen and oxygen atoms in total. The Balaban J connectivity index is 2.37. The monoisotopic (exact) mass is 282 g/mol. The highest BCUT2D eigenvalue weighted by atomic mass is 16.6. The van der Waals surface area contributed by atoms with E-state index < -0.39 is 4.92 Å². The van der Waals surface area contributed by atoms with Crippen molar-refractivity contribution in [3.8, 4) is 17.8 Å². The van der Waals surface area contributed by atoms with Crippen LogP contribution in [0.5, 0.6) is 11.5 Å². The molecule has 0 bridgehead atoms. The van der Waals surface area contributed by atoms with E-state index in [2.05, 4.69) is 11.3 Å². The molecule has 0 atom stereocenters. The van der Waals surface area contributed by atoms with Crippen LogP contribution in [0, 0.1) is 21.6 Å². The molecule has 0 amide bonds. The van der Waals surface area contributed by atoms with Crippen LogP contribution in [0.4, 0.5) is 5.69 Å². The maximum atomic E-state index is 10.8. The van der Waals surface area contributed by atoms with Gasteiger partial charge in [-0.3, -0.25) is 10.1 Å². The van der Waals surface area contributed by atoms with Gasteiger partial charge in [-0.2, -0.15) is 0 Å². The Morgan fingerprint density at radius 3 is 2.52 bits per heavy atom. The van der Waals surface area contributed by atoms with Gasteiger partial charge in [-0.15, -0.1) is 5.26 Å². The van der Waals surface area contributed by atoms with Crippen molar-refractivity contribution < 1.29 is 14.8 Å². The molecule has 0 aromatic heterocycles. The molecule has 6 heteroatoms. The topological polar surface area (TPSA) is 96.4 Å². The SMILES string of the molecule is C=C(c1ccc(OC#N)cc1)c1cc([N+](=O)[O-])ccc1O. The average Bonchev–Trinajstić information content (AvgIpc) is 2.48. The Labute approximate surface area is 120 Å². The van der Waals surface area contributed by atoms with Crippen LogP contribution in [0.25, 0.3) is 5.57 Å². The van der Waals surface area contributed by atoms with E-state index in [0.29, 0.717) is 16.9 Å². The lowest BCUT2D eigenvalue weighted by Gasteiger charge is -2.09. The van der Waals surface area contributed by atoms with Crippen LogP contribution in [0.3, 0.4) is 0 Å². The summed E-state index contributed by atoms with van der Waals surface area (Å²) in [5.41, 5.74) is 1.22. The number of ether oxygens (including phenoxy) is 1. The minimum absolute atomic E-state index is 0.0945. The summed E-state index contributed by atoms with van der Waals surface area (Å²) in [6.07, 6.45) is 1.56. The zero-order chi connectivity index (χ0) is 15.4. The van der Waals surface area contributed by atoms with Gasteiger partial charge in [0.2, 0.25) is 0 Å². The normalized spacial score (nSPS) is 9.67. The Morgan fingerprint density at radius 2 is 1.95 bits per heavy atom. The smallest absolute Gasteiger partial charge is 0.292 e. The van der Waals surface area contributed by atoms with E-state index in [9.17, 15) is 15.2 Å². The van der Waals surface area contributed by atoms with Crippen molar-refractivity contribution in [1.82, 2.24) is 0 Å². The van der Waals surface area contributed by atoms with Crippen molar-refractivity contribution in [2.45, 2.75) is 0 Å². The summed E-state index contributed by atoms with van der Waals surface area (Å²) in [5.74, 6) is 0.278. The summed E-state index contributed by atoms with van der Waals surface area (Å²) in [6.45, 7) is 3.84. The molecular formula is C15H10N2O4. The number of hydrogen-bond donors (Lipinski definition) is 1. The predicted octanol–water partition coefficient (Wildman–Crippen LogP) is 3.22. The number of non-ortho nitro benzene ring substituents is 1. The average molecular weight is 282 g/mol. The van der Waals surface area contributed by atoms with Crippen molar-refractivity contribution >= 4 is 11.3 Å². The number of hydrogen-bond acceptors (Lipinski definition) is 5. The highest BCUT2D eigenvalue weighted by Gasteiger charge is 2.13. The second kappa shape index (κ2) is 5.75. The number of nitriles is 1. The van der Waals surface area contributed by atoms with E-state index in [1.807, 2.05) is 0 Å². The molecule has 0 aliphatic carbocycles. The lowest BCUT2D eigenvalue weighted by Crippen LogP contribution is -1.92. The lowest BCUT2D eigenvalue weighted by atomic mass is 9.98. The van der Waals surface area contributed by atoms with Gasteiger partial charge in [0.1, 0.15) is 11.5 Å². The third-order valence-corrected chi connectivity index (χ3v) is 2.88. The summed E-state index contributed by atoms with van der Waals surface area (Å²) >= 11 is 0. The first-order chi connectivity index (χ1) is 10.0. The molecule has 0 unspecified atom stereocenters. The molecule has 0 spiro atoms. The van der Waals surface area contributed by atoms with Crippen LogP contribution >= 0.6 is 0 Å². The van der Waals surface area contributed by atoms with Gasteiger partial charge < -0.3 is 9.84 Å². The highest BCUT2D eigenvalue weighted by Crippen LogP contribution is 2.32. The number of phenolic OH excluding ortho intramolecular Hbond substituents is 1. The van der Waals surface area contributed by atoms with Crippen LogP contribution in [-0.2, 0) is 0 Å². The van der Waals surface area contributed by atoms with E-state index in [-0.39, 0.29) is 17.0 Å². The van der Waals surface area contributed by atoms with Crippen LogP contribution in [0.15, 0.2) is 49.0 Å². The van der Waals surface area contributed by atoms with Crippen molar-refractivity contribution in [2.24, 2.45) is 0 Å². The van der Waals surface area contributed by atoms with Gasteiger partial charge >= 0.3 is 0 Å². The molecule has 0 radical (unpaired) electrons. The number of nitrogens with zero attached hydrogens (tertiary/aromatic N) is 2. The molecule has 21 heavy (non-hydrogen) atoms. The molecule has 0 saturated heterocycles. The maximum absolute atomic E-state index is 10.8. The number of aromatic hydroxyl groups is 1. The van der Waals surface area contributed by atoms with E-state index in [4.69, 9.17) is 5.26 Å². The fraction of sp³-hybridized carbons (Fsp3) is 0. The minimum Gasteiger partial charge on any atom is -0.507 e. The van der Waals surface area contributed by atoms with Gasteiger partial charge in [0.25, 0.3) is 11.9 Å². The first kappa shape index (κ1) is 14.1. The molecule has 2 aromatic rings. The standard InChI is InChI=1S/C15H10N2O4/c1-10(11-2-5-13(6-3-11)21-9-16)14-8-12(17(19)20)4-7-15(14)18/h2-8,18H,1H2. The summed E-state index contributed by atoms with van der Waals surface area (Å²) in [6, 6.07) is 10.2. The molecule has 0 aliphatic rings. The molecule has 0 heterocycles. The first-order valence-corrected chi connectivity index (χ1v) is 5.86. The minimum atomic E-state index is -0.542. The van der Waals surface area contributed by atoms with Crippen LogP contribution in [-0.4, -0.2) is 10.0 Å². The molecule has 104 valence electrons. The molecule has 2 aromatic carbocycles. The third kappa shape index (κ3) is 2.98. The van der Waals surface area contributed by atoms with Crippen molar-refractivity contribution in [1.29, 1.82) is 5.26 Å². The number of benzene rings is 2. The zero-order valence-electron chi connectivity index (χ0n) is 10.8. The lowest BCUT2D eigenvalue weighted by molar-refractivity contribution is -0.384. The van der Waals surface area contributed by atoms with Crippen molar-refractivity contribution in [3.05, 3.63) is 70.3 Å². The molecule has 2 rings (SSSR count). The van der Waals surface area contributed by atoms with Crippen LogP contribution in [0.1, 0.15) is 11.1 Å². The Hall–Kier alpha value is -3.33. The number of rotatable bonds is 4. The Bertz CT molecular complexity index is 745. The molecular weight excluding hydrogens is 272 g/mol. The third-order valence-electron chi connectivity index (χ3n) is 2.88. The van der Waals surface area contributed by atoms with Gasteiger partial charge in [-0.1, -0.05) is 18.7 Å². The summed E-state index contributed by atoms with van der Waals surface area (Å²) in [5, 5.41) is 29.0. The van der Waals surface area contributed by atoms with Crippen molar-refractivity contribution in [2.75, 3.05) is 0 Å². The summed E-state index contributed by atoms with van der Waals surface area (Å²) in [7, 11) is 0. The van der Waals surface area contributed by atoms with Crippen LogP contribution < -0.4 is 4.74 Å². The van der Waals surface area contributed by atoms with Gasteiger partial charge in [-0.25, -0.2) is 0 Å². The summed E-state index contributed by atoms with van der Waals surface area (Å²) < 4.78 is 4.66. The summed E-state index contributed by atoms with van der Waals surface area (Å²) in [4.78, 5) is 10.2. The fourth-order valence-electron chi connectivity index (χ4n) is 1.81. The Kier molecular flexibility index (Phi) is 3.86. The molecule has 0 fully saturated rings. The van der Waals surface area contributed by atoms with E-state index >= 15 is 0 Å². The molecule has 1 N–H and O–H groups in total. The van der Waals surface area contributed by atoms with Gasteiger partial charge in [-0.05, 0) is 29.3 Å². The first-order valence-electron chi connectivity index (χ1n) is 5.86. The number of nitro groups is 1. The van der Waals surface area contributed by atoms with Crippen molar-refractivity contribution in [3.63, 3.8) is 0 Å². The second-order valence-corrected chi connectivity index (χ2v) is 4.15. The van der Waals surface area contributed by atoms with Gasteiger partial charge in [0.15, 0.2) is 0 Å². The van der Waals surface area contributed by atoms with E-state index in [1.54, 1.807) is 30.5 Å². The molecule has 0 aliphatic heterocycles. The molecule has 0 saturated carbocycles. The number of phenols is 1.